The van der Waals surface area contributed by atoms with Crippen LogP contribution in [-0.2, 0) is 12.8 Å². The molecule has 1 fully saturated rings. The van der Waals surface area contributed by atoms with E-state index >= 15 is 0 Å². The molecule has 2 aliphatic carbocycles. The lowest BCUT2D eigenvalue weighted by Gasteiger charge is -2.23. The molecule has 0 aromatic carbocycles. The number of fused-ring (bicyclic) bond motifs is 1. The summed E-state index contributed by atoms with van der Waals surface area (Å²) < 4.78 is 0. The number of aromatic nitrogens is 1. The van der Waals surface area contributed by atoms with E-state index < -0.39 is 0 Å². The van der Waals surface area contributed by atoms with Crippen LogP contribution in [0.2, 0.25) is 0 Å². The van der Waals surface area contributed by atoms with Gasteiger partial charge in [-0.1, -0.05) is 25.3 Å². The van der Waals surface area contributed by atoms with E-state index in [1.54, 1.807) is 0 Å². The van der Waals surface area contributed by atoms with Crippen LogP contribution in [0.25, 0.3) is 0 Å². The van der Waals surface area contributed by atoms with E-state index in [1.807, 2.05) is 0 Å². The minimum atomic E-state index is 0.280. The Bertz CT molecular complexity index is 416. The van der Waals surface area contributed by atoms with Crippen molar-refractivity contribution in [1.82, 2.24) is 4.98 Å². The van der Waals surface area contributed by atoms with Crippen molar-refractivity contribution in [2.24, 2.45) is 5.73 Å². The molecule has 0 radical (unpaired) electrons. The van der Waals surface area contributed by atoms with Crippen LogP contribution in [0.4, 0.5) is 5.82 Å². The molecule has 0 aliphatic heterocycles. The smallest absolute Gasteiger partial charge is 0.126 e. The van der Waals surface area contributed by atoms with Crippen LogP contribution in [-0.4, -0.2) is 17.1 Å². The Morgan fingerprint density at radius 2 is 1.94 bits per heavy atom. The first kappa shape index (κ1) is 12.0. The quantitative estimate of drug-likeness (QED) is 0.788. The lowest BCUT2D eigenvalue weighted by Crippen LogP contribution is -2.39. The predicted molar refractivity (Wildman–Crippen MR) is 74.7 cm³/mol. The number of hydrogen-bond donors (Lipinski definition) is 2. The molecule has 1 aromatic rings. The first-order chi connectivity index (χ1) is 8.83. The van der Waals surface area contributed by atoms with E-state index in [4.69, 9.17) is 10.7 Å². The van der Waals surface area contributed by atoms with Crippen LogP contribution in [0.1, 0.15) is 49.8 Å². The minimum absolute atomic E-state index is 0.280. The van der Waals surface area contributed by atoms with E-state index in [1.165, 1.54) is 49.8 Å². The SMILES string of the molecule is NC1CCCCCC1Nc1ccc2c(n1)CCC2. The Hall–Kier alpha value is -1.09. The van der Waals surface area contributed by atoms with Gasteiger partial charge in [0.25, 0.3) is 0 Å². The van der Waals surface area contributed by atoms with Crippen molar-refractivity contribution in [3.05, 3.63) is 23.4 Å². The highest BCUT2D eigenvalue weighted by molar-refractivity contribution is 5.41. The molecule has 3 N–H and O–H groups in total. The average molecular weight is 245 g/mol. The van der Waals surface area contributed by atoms with Crippen LogP contribution >= 0.6 is 0 Å². The molecule has 0 amide bonds. The van der Waals surface area contributed by atoms with Gasteiger partial charge in [-0.15, -0.1) is 0 Å². The van der Waals surface area contributed by atoms with E-state index in [9.17, 15) is 0 Å². The maximum atomic E-state index is 6.25. The number of nitrogens with one attached hydrogen (secondary N) is 1. The molecule has 1 heterocycles. The molecule has 2 aliphatic rings. The fourth-order valence-electron chi connectivity index (χ4n) is 3.21. The first-order valence-electron chi connectivity index (χ1n) is 7.34. The van der Waals surface area contributed by atoms with Gasteiger partial charge < -0.3 is 11.1 Å². The maximum Gasteiger partial charge on any atom is 0.126 e. The minimum Gasteiger partial charge on any atom is -0.366 e. The highest BCUT2D eigenvalue weighted by Gasteiger charge is 2.21. The lowest BCUT2D eigenvalue weighted by molar-refractivity contribution is 0.527. The molecule has 0 spiro atoms. The van der Waals surface area contributed by atoms with Crippen molar-refractivity contribution in [3.8, 4) is 0 Å². The third-order valence-corrected chi connectivity index (χ3v) is 4.33. The summed E-state index contributed by atoms with van der Waals surface area (Å²) in [5, 5.41) is 3.56. The van der Waals surface area contributed by atoms with E-state index in [0.29, 0.717) is 6.04 Å². The number of rotatable bonds is 2. The van der Waals surface area contributed by atoms with E-state index in [-0.39, 0.29) is 6.04 Å². The summed E-state index contributed by atoms with van der Waals surface area (Å²) >= 11 is 0. The Labute approximate surface area is 109 Å². The Balaban J connectivity index is 1.71. The summed E-state index contributed by atoms with van der Waals surface area (Å²) in [5.74, 6) is 1.03. The molecule has 3 nitrogen and oxygen atoms in total. The fraction of sp³-hybridized carbons (Fsp3) is 0.667. The molecule has 98 valence electrons. The predicted octanol–water partition coefficient (Wildman–Crippen LogP) is 2.64. The number of nitrogens with zero attached hydrogens (tertiary/aromatic N) is 1. The van der Waals surface area contributed by atoms with Crippen molar-refractivity contribution in [2.75, 3.05) is 5.32 Å². The molecule has 1 saturated carbocycles. The van der Waals surface area contributed by atoms with Crippen molar-refractivity contribution >= 4 is 5.82 Å². The number of pyridine rings is 1. The lowest BCUT2D eigenvalue weighted by atomic mass is 10.0. The summed E-state index contributed by atoms with van der Waals surface area (Å²) in [6.45, 7) is 0. The van der Waals surface area contributed by atoms with Gasteiger partial charge in [0, 0.05) is 17.8 Å². The zero-order chi connectivity index (χ0) is 12.4. The van der Waals surface area contributed by atoms with Gasteiger partial charge in [0.2, 0.25) is 0 Å². The van der Waals surface area contributed by atoms with Gasteiger partial charge in [-0.2, -0.15) is 0 Å². The highest BCUT2D eigenvalue weighted by atomic mass is 15.0. The molecular formula is C15H23N3. The summed E-state index contributed by atoms with van der Waals surface area (Å²) in [6, 6.07) is 5.05. The molecule has 1 aromatic heterocycles. The number of aryl methyl sites for hydroxylation is 2. The molecule has 2 atom stereocenters. The van der Waals surface area contributed by atoms with Gasteiger partial charge in [-0.25, -0.2) is 4.98 Å². The van der Waals surface area contributed by atoms with Gasteiger partial charge in [0.15, 0.2) is 0 Å². The van der Waals surface area contributed by atoms with Crippen molar-refractivity contribution in [3.63, 3.8) is 0 Å². The number of nitrogens with two attached hydrogens (primary N) is 1. The standard InChI is InChI=1S/C15H23N3/c16-12-6-2-1-3-7-14(12)18-15-10-9-11-5-4-8-13(11)17-15/h9-10,12,14H,1-8,16H2,(H,17,18). The van der Waals surface area contributed by atoms with Crippen LogP contribution in [0, 0.1) is 0 Å². The second-order valence-electron chi connectivity index (χ2n) is 5.71. The normalized spacial score (nSPS) is 27.6. The van der Waals surface area contributed by atoms with Crippen LogP contribution < -0.4 is 11.1 Å². The zero-order valence-electron chi connectivity index (χ0n) is 11.0. The van der Waals surface area contributed by atoms with E-state index in [0.717, 1.165) is 18.7 Å². The molecular weight excluding hydrogens is 222 g/mol. The summed E-state index contributed by atoms with van der Waals surface area (Å²) in [7, 11) is 0. The van der Waals surface area contributed by atoms with Crippen molar-refractivity contribution < 1.29 is 0 Å². The first-order valence-corrected chi connectivity index (χ1v) is 7.34. The molecule has 18 heavy (non-hydrogen) atoms. The average Bonchev–Trinajstić information content (AvgIpc) is 2.75. The van der Waals surface area contributed by atoms with Crippen LogP contribution in [0.5, 0.6) is 0 Å². The summed E-state index contributed by atoms with van der Waals surface area (Å²) in [6.07, 6.45) is 9.81. The largest absolute Gasteiger partial charge is 0.366 e. The summed E-state index contributed by atoms with van der Waals surface area (Å²) in [4.78, 5) is 4.75. The van der Waals surface area contributed by atoms with E-state index in [2.05, 4.69) is 17.4 Å². The maximum absolute atomic E-state index is 6.25. The zero-order valence-corrected chi connectivity index (χ0v) is 11.0. The van der Waals surface area contributed by atoms with Gasteiger partial charge in [-0.05, 0) is 43.7 Å². The molecule has 2 unspecified atom stereocenters. The Kier molecular flexibility index (Phi) is 3.50. The second kappa shape index (κ2) is 5.27. The van der Waals surface area contributed by atoms with Gasteiger partial charge in [0.05, 0.1) is 0 Å². The fourth-order valence-corrected chi connectivity index (χ4v) is 3.21. The topological polar surface area (TPSA) is 50.9 Å². The van der Waals surface area contributed by atoms with Gasteiger partial charge >= 0.3 is 0 Å². The molecule has 3 rings (SSSR count). The summed E-state index contributed by atoms with van der Waals surface area (Å²) in [5.41, 5.74) is 8.98. The monoisotopic (exact) mass is 245 g/mol. The third kappa shape index (κ3) is 2.51. The van der Waals surface area contributed by atoms with Gasteiger partial charge in [0.1, 0.15) is 5.82 Å². The molecule has 0 bridgehead atoms. The van der Waals surface area contributed by atoms with Crippen LogP contribution in [0.15, 0.2) is 12.1 Å². The second-order valence-corrected chi connectivity index (χ2v) is 5.71. The Morgan fingerprint density at radius 1 is 1.06 bits per heavy atom. The third-order valence-electron chi connectivity index (χ3n) is 4.33. The van der Waals surface area contributed by atoms with Gasteiger partial charge in [-0.3, -0.25) is 0 Å². The highest BCUT2D eigenvalue weighted by Crippen LogP contribution is 2.24. The molecule has 3 heteroatoms. The van der Waals surface area contributed by atoms with Crippen molar-refractivity contribution in [1.29, 1.82) is 0 Å². The van der Waals surface area contributed by atoms with Crippen molar-refractivity contribution in [2.45, 2.75) is 63.5 Å². The number of hydrogen-bond acceptors (Lipinski definition) is 3. The van der Waals surface area contributed by atoms with Crippen LogP contribution in [0.3, 0.4) is 0 Å². The Morgan fingerprint density at radius 3 is 2.89 bits per heavy atom. The number of anilines is 1. The molecule has 0 saturated heterocycles.